The van der Waals surface area contributed by atoms with Crippen LogP contribution >= 0.6 is 0 Å². The number of rotatable bonds is 1. The van der Waals surface area contributed by atoms with Crippen LogP contribution in [-0.2, 0) is 10.1 Å². The molecule has 1 aromatic rings. The van der Waals surface area contributed by atoms with Crippen LogP contribution in [0.5, 0.6) is 5.75 Å². The second-order valence-electron chi connectivity index (χ2n) is 2.69. The molecule has 0 spiro atoms. The van der Waals surface area contributed by atoms with Crippen LogP contribution in [0.1, 0.15) is 11.1 Å². The number of aromatic hydroxyl groups is 1. The molecular formula is C8H7NO4S. The van der Waals surface area contributed by atoms with Gasteiger partial charge in [-0.2, -0.15) is 13.7 Å². The Morgan fingerprint density at radius 1 is 1.43 bits per heavy atom. The molecule has 74 valence electrons. The zero-order valence-corrected chi connectivity index (χ0v) is 8.04. The first-order valence-corrected chi connectivity index (χ1v) is 5.02. The van der Waals surface area contributed by atoms with E-state index in [0.29, 0.717) is 5.56 Å². The summed E-state index contributed by atoms with van der Waals surface area (Å²) in [4.78, 5) is -0.653. The van der Waals surface area contributed by atoms with E-state index in [2.05, 4.69) is 0 Å². The normalized spacial score (nSPS) is 10.9. The summed E-state index contributed by atoms with van der Waals surface area (Å²) >= 11 is 0. The van der Waals surface area contributed by atoms with Crippen molar-refractivity contribution in [2.45, 2.75) is 11.8 Å². The first-order chi connectivity index (χ1) is 6.38. The number of phenols is 1. The topological polar surface area (TPSA) is 98.4 Å². The van der Waals surface area contributed by atoms with Gasteiger partial charge in [-0.3, -0.25) is 4.55 Å². The minimum absolute atomic E-state index is 0.153. The van der Waals surface area contributed by atoms with Gasteiger partial charge in [-0.05, 0) is 18.6 Å². The Kier molecular flexibility index (Phi) is 2.47. The van der Waals surface area contributed by atoms with Crippen LogP contribution in [0.4, 0.5) is 0 Å². The Hall–Kier alpha value is -1.58. The average Bonchev–Trinajstić information content (AvgIpc) is 2.02. The molecule has 1 aromatic carbocycles. The summed E-state index contributed by atoms with van der Waals surface area (Å²) in [6.45, 7) is 1.55. The van der Waals surface area contributed by atoms with Gasteiger partial charge in [-0.1, -0.05) is 6.07 Å². The largest absolute Gasteiger partial charge is 0.505 e. The number of aryl methyl sites for hydroxylation is 1. The van der Waals surface area contributed by atoms with Gasteiger partial charge >= 0.3 is 0 Å². The SMILES string of the molecule is Cc1ccc(S(=O)(=O)O)c(O)c1C#N. The van der Waals surface area contributed by atoms with Gasteiger partial charge in [-0.15, -0.1) is 0 Å². The Labute approximate surface area is 81.0 Å². The molecular weight excluding hydrogens is 206 g/mol. The molecule has 0 unspecified atom stereocenters. The maximum atomic E-state index is 10.7. The molecule has 14 heavy (non-hydrogen) atoms. The smallest absolute Gasteiger partial charge is 0.298 e. The van der Waals surface area contributed by atoms with Crippen molar-refractivity contribution in [1.29, 1.82) is 5.26 Å². The van der Waals surface area contributed by atoms with Crippen LogP contribution in [0.3, 0.4) is 0 Å². The highest BCUT2D eigenvalue weighted by Crippen LogP contribution is 2.28. The zero-order valence-electron chi connectivity index (χ0n) is 7.22. The van der Waals surface area contributed by atoms with E-state index in [1.54, 1.807) is 13.0 Å². The molecule has 0 atom stereocenters. The highest BCUT2D eigenvalue weighted by atomic mass is 32.2. The third-order valence-corrected chi connectivity index (χ3v) is 2.62. The van der Waals surface area contributed by atoms with Crippen LogP contribution in [-0.4, -0.2) is 18.1 Å². The molecule has 0 aromatic heterocycles. The standard InChI is InChI=1S/C8H7NO4S/c1-5-2-3-7(14(11,12)13)8(10)6(5)4-9/h2-3,10H,1H3,(H,11,12,13). The van der Waals surface area contributed by atoms with Crippen molar-refractivity contribution >= 4 is 10.1 Å². The zero-order chi connectivity index (χ0) is 10.9. The van der Waals surface area contributed by atoms with Gasteiger partial charge < -0.3 is 5.11 Å². The molecule has 2 N–H and O–H groups in total. The summed E-state index contributed by atoms with van der Waals surface area (Å²) in [6.07, 6.45) is 0. The van der Waals surface area contributed by atoms with Crippen molar-refractivity contribution in [3.8, 4) is 11.8 Å². The quantitative estimate of drug-likeness (QED) is 0.673. The number of hydrogen-bond acceptors (Lipinski definition) is 4. The molecule has 1 rings (SSSR count). The number of nitriles is 1. The Balaban J connectivity index is 3.62. The number of phenolic OH excluding ortho intramolecular Hbond substituents is 1. The van der Waals surface area contributed by atoms with Crippen molar-refractivity contribution in [3.63, 3.8) is 0 Å². The first kappa shape index (κ1) is 10.5. The maximum Gasteiger partial charge on any atom is 0.298 e. The van der Waals surface area contributed by atoms with E-state index in [0.717, 1.165) is 6.07 Å². The van der Waals surface area contributed by atoms with E-state index in [9.17, 15) is 13.5 Å². The van der Waals surface area contributed by atoms with Crippen LogP contribution in [0.15, 0.2) is 17.0 Å². The predicted octanol–water partition coefficient (Wildman–Crippen LogP) is 0.819. The van der Waals surface area contributed by atoms with E-state index in [4.69, 9.17) is 9.81 Å². The highest BCUT2D eigenvalue weighted by molar-refractivity contribution is 7.86. The van der Waals surface area contributed by atoms with Gasteiger partial charge in [0.15, 0.2) is 5.75 Å². The van der Waals surface area contributed by atoms with Gasteiger partial charge in [0.1, 0.15) is 11.0 Å². The fourth-order valence-corrected chi connectivity index (χ4v) is 1.61. The van der Waals surface area contributed by atoms with Crippen LogP contribution in [0, 0.1) is 18.3 Å². The fraction of sp³-hybridized carbons (Fsp3) is 0.125. The Bertz CT molecular complexity index is 513. The van der Waals surface area contributed by atoms with E-state index in [1.807, 2.05) is 0 Å². The Morgan fingerprint density at radius 3 is 2.43 bits per heavy atom. The lowest BCUT2D eigenvalue weighted by atomic mass is 10.1. The van der Waals surface area contributed by atoms with Crippen LogP contribution in [0.2, 0.25) is 0 Å². The van der Waals surface area contributed by atoms with Gasteiger partial charge in [0, 0.05) is 0 Å². The summed E-state index contributed by atoms with van der Waals surface area (Å²) < 4.78 is 30.1. The molecule has 0 fully saturated rings. The van der Waals surface area contributed by atoms with Crippen molar-refractivity contribution in [3.05, 3.63) is 23.3 Å². The summed E-state index contributed by atoms with van der Waals surface area (Å²) in [5.74, 6) is -0.713. The summed E-state index contributed by atoms with van der Waals surface area (Å²) in [5, 5.41) is 17.9. The molecule has 0 amide bonds. The van der Waals surface area contributed by atoms with E-state index >= 15 is 0 Å². The lowest BCUT2D eigenvalue weighted by molar-refractivity contribution is 0.441. The summed E-state index contributed by atoms with van der Waals surface area (Å²) in [7, 11) is -4.48. The molecule has 0 saturated carbocycles. The Morgan fingerprint density at radius 2 is 2.00 bits per heavy atom. The van der Waals surface area contributed by atoms with Crippen LogP contribution < -0.4 is 0 Å². The second kappa shape index (κ2) is 3.29. The van der Waals surface area contributed by atoms with Crippen molar-refractivity contribution in [1.82, 2.24) is 0 Å². The number of hydrogen-bond donors (Lipinski definition) is 2. The van der Waals surface area contributed by atoms with Gasteiger partial charge in [0.2, 0.25) is 0 Å². The number of nitrogens with zero attached hydrogens (tertiary/aromatic N) is 1. The third kappa shape index (κ3) is 1.69. The number of benzene rings is 1. The summed E-state index contributed by atoms with van der Waals surface area (Å²) in [6, 6.07) is 4.03. The molecule has 5 nitrogen and oxygen atoms in total. The van der Waals surface area contributed by atoms with Crippen molar-refractivity contribution in [2.24, 2.45) is 0 Å². The molecule has 6 heteroatoms. The van der Waals surface area contributed by atoms with Gasteiger partial charge in [-0.25, -0.2) is 0 Å². The van der Waals surface area contributed by atoms with Gasteiger partial charge in [0.25, 0.3) is 10.1 Å². The lowest BCUT2D eigenvalue weighted by Crippen LogP contribution is -2.00. The molecule has 0 radical (unpaired) electrons. The molecule has 0 aliphatic carbocycles. The average molecular weight is 213 g/mol. The first-order valence-electron chi connectivity index (χ1n) is 3.58. The molecule has 0 aliphatic heterocycles. The molecule has 0 saturated heterocycles. The third-order valence-electron chi connectivity index (χ3n) is 1.74. The monoisotopic (exact) mass is 213 g/mol. The van der Waals surface area contributed by atoms with E-state index in [-0.39, 0.29) is 5.56 Å². The maximum absolute atomic E-state index is 10.7. The van der Waals surface area contributed by atoms with E-state index in [1.165, 1.54) is 6.07 Å². The minimum Gasteiger partial charge on any atom is -0.505 e. The molecule has 0 bridgehead atoms. The van der Waals surface area contributed by atoms with Crippen LogP contribution in [0.25, 0.3) is 0 Å². The highest BCUT2D eigenvalue weighted by Gasteiger charge is 2.19. The summed E-state index contributed by atoms with van der Waals surface area (Å²) in [5.41, 5.74) is 0.289. The minimum atomic E-state index is -4.48. The second-order valence-corrected chi connectivity index (χ2v) is 4.08. The predicted molar refractivity (Wildman–Crippen MR) is 47.4 cm³/mol. The van der Waals surface area contributed by atoms with E-state index < -0.39 is 20.8 Å². The molecule has 0 aliphatic rings. The molecule has 0 heterocycles. The fourth-order valence-electron chi connectivity index (χ4n) is 1.02. The van der Waals surface area contributed by atoms with Crippen molar-refractivity contribution < 1.29 is 18.1 Å². The van der Waals surface area contributed by atoms with Crippen molar-refractivity contribution in [2.75, 3.05) is 0 Å². The lowest BCUT2D eigenvalue weighted by Gasteiger charge is -2.04. The van der Waals surface area contributed by atoms with Gasteiger partial charge in [0.05, 0.1) is 5.56 Å².